The summed E-state index contributed by atoms with van der Waals surface area (Å²) < 4.78 is 29.2. The minimum atomic E-state index is -3.50. The van der Waals surface area contributed by atoms with Crippen LogP contribution in [0.2, 0.25) is 0 Å². The Morgan fingerprint density at radius 1 is 1.12 bits per heavy atom. The SMILES string of the molecule is O=S(=O)(N[C@@H]1CCN(c2ccc3nncn3n2)C1)c1ccccc1. The normalized spacial score (nSPS) is 18.3. The van der Waals surface area contributed by atoms with Gasteiger partial charge in [-0.1, -0.05) is 18.2 Å². The molecule has 1 N–H and O–H groups in total. The van der Waals surface area contributed by atoms with Crippen LogP contribution in [0.25, 0.3) is 5.65 Å². The molecule has 3 aromatic rings. The molecule has 1 aromatic carbocycles. The van der Waals surface area contributed by atoms with E-state index in [0.29, 0.717) is 12.2 Å². The van der Waals surface area contributed by atoms with Crippen LogP contribution in [-0.4, -0.2) is 47.4 Å². The number of hydrogen-bond donors (Lipinski definition) is 1. The van der Waals surface area contributed by atoms with E-state index in [4.69, 9.17) is 0 Å². The van der Waals surface area contributed by atoms with Crippen molar-refractivity contribution in [3.63, 3.8) is 0 Å². The Kier molecular flexibility index (Phi) is 3.66. The number of hydrogen-bond acceptors (Lipinski definition) is 6. The van der Waals surface area contributed by atoms with Crippen LogP contribution in [0.3, 0.4) is 0 Å². The van der Waals surface area contributed by atoms with Crippen molar-refractivity contribution in [1.82, 2.24) is 24.5 Å². The fourth-order valence-corrected chi connectivity index (χ4v) is 4.12. The molecule has 1 aliphatic heterocycles. The summed E-state index contributed by atoms with van der Waals surface area (Å²) in [6, 6.07) is 12.0. The highest BCUT2D eigenvalue weighted by atomic mass is 32.2. The zero-order chi connectivity index (χ0) is 16.6. The van der Waals surface area contributed by atoms with E-state index in [1.807, 2.05) is 12.1 Å². The molecule has 1 saturated heterocycles. The third-order valence-corrected chi connectivity index (χ3v) is 5.57. The van der Waals surface area contributed by atoms with Gasteiger partial charge >= 0.3 is 0 Å². The average Bonchev–Trinajstić information content (AvgIpc) is 3.23. The van der Waals surface area contributed by atoms with Crippen LogP contribution in [0.1, 0.15) is 6.42 Å². The molecule has 2 aromatic heterocycles. The van der Waals surface area contributed by atoms with Crippen molar-refractivity contribution in [3.8, 4) is 0 Å². The molecule has 0 saturated carbocycles. The molecule has 0 amide bonds. The average molecular weight is 344 g/mol. The van der Waals surface area contributed by atoms with Crippen LogP contribution in [0.15, 0.2) is 53.7 Å². The first kappa shape index (κ1) is 15.0. The minimum Gasteiger partial charge on any atom is -0.354 e. The molecular weight excluding hydrogens is 328 g/mol. The monoisotopic (exact) mass is 344 g/mol. The fourth-order valence-electron chi connectivity index (χ4n) is 2.84. The lowest BCUT2D eigenvalue weighted by atomic mass is 10.3. The van der Waals surface area contributed by atoms with Gasteiger partial charge in [-0.15, -0.1) is 15.3 Å². The lowest BCUT2D eigenvalue weighted by molar-refractivity contribution is 0.561. The van der Waals surface area contributed by atoms with Gasteiger partial charge in [0, 0.05) is 19.1 Å². The Labute approximate surface area is 139 Å². The second-order valence-corrected chi connectivity index (χ2v) is 7.41. The summed E-state index contributed by atoms with van der Waals surface area (Å²) in [7, 11) is -3.50. The molecule has 0 unspecified atom stereocenters. The van der Waals surface area contributed by atoms with E-state index in [2.05, 4.69) is 24.9 Å². The Balaban J connectivity index is 1.48. The number of sulfonamides is 1. The Bertz CT molecular complexity index is 956. The predicted molar refractivity (Wildman–Crippen MR) is 88.2 cm³/mol. The van der Waals surface area contributed by atoms with Crippen molar-refractivity contribution in [2.45, 2.75) is 17.4 Å². The quantitative estimate of drug-likeness (QED) is 0.748. The van der Waals surface area contributed by atoms with E-state index >= 15 is 0 Å². The van der Waals surface area contributed by atoms with E-state index in [0.717, 1.165) is 18.8 Å². The molecule has 0 spiro atoms. The minimum absolute atomic E-state index is 0.145. The summed E-state index contributed by atoms with van der Waals surface area (Å²) in [5.74, 6) is 0.781. The smallest absolute Gasteiger partial charge is 0.240 e. The molecule has 9 heteroatoms. The Morgan fingerprint density at radius 2 is 1.96 bits per heavy atom. The Morgan fingerprint density at radius 3 is 2.79 bits per heavy atom. The number of nitrogens with zero attached hydrogens (tertiary/aromatic N) is 5. The van der Waals surface area contributed by atoms with Gasteiger partial charge in [0.25, 0.3) is 0 Å². The maximum Gasteiger partial charge on any atom is 0.240 e. The molecule has 3 heterocycles. The van der Waals surface area contributed by atoms with Crippen molar-refractivity contribution in [3.05, 3.63) is 48.8 Å². The van der Waals surface area contributed by atoms with Crippen LogP contribution < -0.4 is 9.62 Å². The van der Waals surface area contributed by atoms with Gasteiger partial charge < -0.3 is 4.90 Å². The first-order chi connectivity index (χ1) is 11.6. The van der Waals surface area contributed by atoms with Crippen molar-refractivity contribution in [1.29, 1.82) is 0 Å². The highest BCUT2D eigenvalue weighted by Crippen LogP contribution is 2.19. The van der Waals surface area contributed by atoms with E-state index in [1.54, 1.807) is 41.2 Å². The summed E-state index contributed by atoms with van der Waals surface area (Å²) in [6.07, 6.45) is 2.28. The van der Waals surface area contributed by atoms with Gasteiger partial charge in [0.15, 0.2) is 5.65 Å². The fraction of sp³-hybridized carbons (Fsp3) is 0.267. The number of fused-ring (bicyclic) bond motifs is 1. The largest absolute Gasteiger partial charge is 0.354 e. The zero-order valence-electron chi connectivity index (χ0n) is 12.8. The van der Waals surface area contributed by atoms with Crippen LogP contribution in [0, 0.1) is 0 Å². The van der Waals surface area contributed by atoms with E-state index < -0.39 is 10.0 Å². The standard InChI is InChI=1S/C15H16N6O2S/c22-24(23,13-4-2-1-3-5-13)19-12-8-9-20(10-12)15-7-6-14-17-16-11-21(14)18-15/h1-7,11-12,19H,8-10H2/t12-/m1/s1. The van der Waals surface area contributed by atoms with E-state index in [1.165, 1.54) is 0 Å². The third kappa shape index (κ3) is 2.83. The highest BCUT2D eigenvalue weighted by molar-refractivity contribution is 7.89. The number of nitrogens with one attached hydrogen (secondary N) is 1. The number of rotatable bonds is 4. The molecular formula is C15H16N6O2S. The van der Waals surface area contributed by atoms with Crippen LogP contribution in [-0.2, 0) is 10.0 Å². The topological polar surface area (TPSA) is 92.5 Å². The van der Waals surface area contributed by atoms with E-state index in [9.17, 15) is 8.42 Å². The summed E-state index contributed by atoms with van der Waals surface area (Å²) in [4.78, 5) is 2.34. The van der Waals surface area contributed by atoms with Crippen molar-refractivity contribution < 1.29 is 8.42 Å². The van der Waals surface area contributed by atoms with Gasteiger partial charge in [-0.3, -0.25) is 0 Å². The highest BCUT2D eigenvalue weighted by Gasteiger charge is 2.28. The number of anilines is 1. The molecule has 0 aliphatic carbocycles. The van der Waals surface area contributed by atoms with Crippen LogP contribution in [0.4, 0.5) is 5.82 Å². The Hall–Kier alpha value is -2.52. The number of aromatic nitrogens is 4. The van der Waals surface area contributed by atoms with E-state index in [-0.39, 0.29) is 10.9 Å². The van der Waals surface area contributed by atoms with Gasteiger partial charge in [0.2, 0.25) is 10.0 Å². The van der Waals surface area contributed by atoms with Crippen LogP contribution in [0.5, 0.6) is 0 Å². The lowest BCUT2D eigenvalue weighted by Gasteiger charge is -2.17. The summed E-state index contributed by atoms with van der Waals surface area (Å²) in [5.41, 5.74) is 0.680. The second-order valence-electron chi connectivity index (χ2n) is 5.69. The van der Waals surface area contributed by atoms with Gasteiger partial charge in [-0.25, -0.2) is 13.1 Å². The maximum atomic E-state index is 12.4. The summed E-state index contributed by atoms with van der Waals surface area (Å²) in [6.45, 7) is 1.31. The summed E-state index contributed by atoms with van der Waals surface area (Å²) >= 11 is 0. The molecule has 1 fully saturated rings. The van der Waals surface area contributed by atoms with Gasteiger partial charge in [0.1, 0.15) is 12.1 Å². The lowest BCUT2D eigenvalue weighted by Crippen LogP contribution is -2.37. The van der Waals surface area contributed by atoms with Gasteiger partial charge in [0.05, 0.1) is 4.90 Å². The maximum absolute atomic E-state index is 12.4. The molecule has 0 radical (unpaired) electrons. The summed E-state index contributed by atoms with van der Waals surface area (Å²) in [5, 5.41) is 12.2. The van der Waals surface area contributed by atoms with Gasteiger partial charge in [-0.05, 0) is 30.7 Å². The third-order valence-electron chi connectivity index (χ3n) is 4.04. The van der Waals surface area contributed by atoms with Crippen LogP contribution >= 0.6 is 0 Å². The molecule has 1 aliphatic rings. The molecule has 24 heavy (non-hydrogen) atoms. The zero-order valence-corrected chi connectivity index (χ0v) is 13.6. The van der Waals surface area contributed by atoms with Crippen molar-refractivity contribution >= 4 is 21.5 Å². The predicted octanol–water partition coefficient (Wildman–Crippen LogP) is 0.681. The molecule has 124 valence electrons. The first-order valence-electron chi connectivity index (χ1n) is 7.61. The molecule has 4 rings (SSSR count). The molecule has 1 atom stereocenters. The van der Waals surface area contributed by atoms with Gasteiger partial charge in [-0.2, -0.15) is 4.52 Å². The molecule has 0 bridgehead atoms. The first-order valence-corrected chi connectivity index (χ1v) is 9.09. The van der Waals surface area contributed by atoms with Crippen molar-refractivity contribution in [2.24, 2.45) is 0 Å². The van der Waals surface area contributed by atoms with Crippen molar-refractivity contribution in [2.75, 3.05) is 18.0 Å². The second kappa shape index (κ2) is 5.84. The molecule has 8 nitrogen and oxygen atoms in total. The number of benzene rings is 1.